The molecule has 1 aromatic carbocycles. The van der Waals surface area contributed by atoms with Gasteiger partial charge in [-0.2, -0.15) is 0 Å². The second kappa shape index (κ2) is 8.64. The van der Waals surface area contributed by atoms with Crippen LogP contribution in [0.1, 0.15) is 11.1 Å². The number of carbonyl (C=O) groups is 1. The zero-order valence-electron chi connectivity index (χ0n) is 16.3. The standard InChI is InChI=1S/C21H23N7O/c1-16-3-5-17(6-4-16)15-20(29)24-18-7-8-19(26-25-18)27-11-13-28(14-12-27)21-22-9-2-10-23-21/h2-10H,11-15H2,1H3,(H,24,25,29). The number of nitrogens with zero attached hydrogens (tertiary/aromatic N) is 6. The van der Waals surface area contributed by atoms with Gasteiger partial charge in [-0.15, -0.1) is 10.2 Å². The number of carbonyl (C=O) groups excluding carboxylic acids is 1. The number of anilines is 3. The third-order valence-electron chi connectivity index (χ3n) is 4.84. The van der Waals surface area contributed by atoms with Gasteiger partial charge < -0.3 is 15.1 Å². The van der Waals surface area contributed by atoms with Crippen LogP contribution in [0.5, 0.6) is 0 Å². The summed E-state index contributed by atoms with van der Waals surface area (Å²) in [5, 5.41) is 11.3. The molecule has 1 saturated heterocycles. The fraction of sp³-hybridized carbons (Fsp3) is 0.286. The summed E-state index contributed by atoms with van der Waals surface area (Å²) in [4.78, 5) is 25.1. The summed E-state index contributed by atoms with van der Waals surface area (Å²) in [5.41, 5.74) is 2.14. The highest BCUT2D eigenvalue weighted by Crippen LogP contribution is 2.16. The number of hydrogen-bond donors (Lipinski definition) is 1. The Balaban J connectivity index is 1.30. The van der Waals surface area contributed by atoms with E-state index in [1.165, 1.54) is 5.56 Å². The quantitative estimate of drug-likeness (QED) is 0.715. The number of nitrogens with one attached hydrogen (secondary N) is 1. The molecule has 3 heterocycles. The highest BCUT2D eigenvalue weighted by Gasteiger charge is 2.20. The summed E-state index contributed by atoms with van der Waals surface area (Å²) in [5.74, 6) is 1.91. The molecular weight excluding hydrogens is 366 g/mol. The fourth-order valence-electron chi connectivity index (χ4n) is 3.23. The molecule has 29 heavy (non-hydrogen) atoms. The number of piperazine rings is 1. The van der Waals surface area contributed by atoms with E-state index in [2.05, 4.69) is 35.3 Å². The average molecular weight is 389 g/mol. The van der Waals surface area contributed by atoms with Crippen molar-refractivity contribution >= 4 is 23.5 Å². The molecule has 0 saturated carbocycles. The van der Waals surface area contributed by atoms with Crippen molar-refractivity contribution in [2.75, 3.05) is 41.3 Å². The van der Waals surface area contributed by atoms with Crippen molar-refractivity contribution in [3.63, 3.8) is 0 Å². The van der Waals surface area contributed by atoms with E-state index in [4.69, 9.17) is 0 Å². The van der Waals surface area contributed by atoms with Crippen molar-refractivity contribution in [1.82, 2.24) is 20.2 Å². The number of benzene rings is 1. The van der Waals surface area contributed by atoms with Crippen LogP contribution < -0.4 is 15.1 Å². The molecule has 1 amide bonds. The molecule has 4 rings (SSSR count). The summed E-state index contributed by atoms with van der Waals surface area (Å²) in [7, 11) is 0. The van der Waals surface area contributed by atoms with Gasteiger partial charge in [-0.1, -0.05) is 29.8 Å². The molecule has 8 nitrogen and oxygen atoms in total. The molecular formula is C21H23N7O. The van der Waals surface area contributed by atoms with Gasteiger partial charge in [0, 0.05) is 38.6 Å². The van der Waals surface area contributed by atoms with Crippen LogP contribution in [0.4, 0.5) is 17.6 Å². The topological polar surface area (TPSA) is 87.1 Å². The minimum absolute atomic E-state index is 0.104. The normalized spacial score (nSPS) is 14.0. The van der Waals surface area contributed by atoms with Crippen LogP contribution in [0.25, 0.3) is 0 Å². The number of aromatic nitrogens is 4. The largest absolute Gasteiger partial charge is 0.352 e. The van der Waals surface area contributed by atoms with Crippen molar-refractivity contribution in [1.29, 1.82) is 0 Å². The molecule has 0 aliphatic carbocycles. The van der Waals surface area contributed by atoms with Gasteiger partial charge in [0.2, 0.25) is 11.9 Å². The molecule has 1 aliphatic rings. The first kappa shape index (κ1) is 18.8. The van der Waals surface area contributed by atoms with Gasteiger partial charge in [-0.25, -0.2) is 9.97 Å². The second-order valence-corrected chi connectivity index (χ2v) is 7.01. The summed E-state index contributed by atoms with van der Waals surface area (Å²) in [6.45, 7) is 5.29. The van der Waals surface area contributed by atoms with E-state index >= 15 is 0 Å². The molecule has 3 aromatic rings. The van der Waals surface area contributed by atoms with Gasteiger partial charge in [-0.05, 0) is 30.7 Å². The maximum absolute atomic E-state index is 12.2. The third kappa shape index (κ3) is 4.84. The molecule has 0 radical (unpaired) electrons. The van der Waals surface area contributed by atoms with E-state index in [1.54, 1.807) is 18.5 Å². The Hall–Kier alpha value is -3.55. The zero-order chi connectivity index (χ0) is 20.1. The number of rotatable bonds is 5. The molecule has 1 aliphatic heterocycles. The number of hydrogen-bond acceptors (Lipinski definition) is 7. The van der Waals surface area contributed by atoms with E-state index in [-0.39, 0.29) is 5.91 Å². The monoisotopic (exact) mass is 389 g/mol. The molecule has 8 heteroatoms. The van der Waals surface area contributed by atoms with Gasteiger partial charge in [0.15, 0.2) is 11.6 Å². The Bertz CT molecular complexity index is 937. The van der Waals surface area contributed by atoms with Crippen molar-refractivity contribution in [2.24, 2.45) is 0 Å². The maximum Gasteiger partial charge on any atom is 0.229 e. The average Bonchev–Trinajstić information content (AvgIpc) is 2.77. The molecule has 0 unspecified atom stereocenters. The first-order valence-corrected chi connectivity index (χ1v) is 9.63. The SMILES string of the molecule is Cc1ccc(CC(=O)Nc2ccc(N3CCN(c4ncccn4)CC3)nn2)cc1. The smallest absolute Gasteiger partial charge is 0.229 e. The van der Waals surface area contributed by atoms with Crippen molar-refractivity contribution < 1.29 is 4.79 Å². The van der Waals surface area contributed by atoms with Crippen molar-refractivity contribution in [2.45, 2.75) is 13.3 Å². The molecule has 1 N–H and O–H groups in total. The highest BCUT2D eigenvalue weighted by molar-refractivity contribution is 5.91. The van der Waals surface area contributed by atoms with Gasteiger partial charge in [-0.3, -0.25) is 4.79 Å². The van der Waals surface area contributed by atoms with E-state index in [1.807, 2.05) is 43.3 Å². The van der Waals surface area contributed by atoms with Gasteiger partial charge >= 0.3 is 0 Å². The van der Waals surface area contributed by atoms with Crippen molar-refractivity contribution in [3.05, 3.63) is 66.0 Å². The van der Waals surface area contributed by atoms with Crippen LogP contribution >= 0.6 is 0 Å². The van der Waals surface area contributed by atoms with Crippen LogP contribution in [0.3, 0.4) is 0 Å². The lowest BCUT2D eigenvalue weighted by Gasteiger charge is -2.35. The van der Waals surface area contributed by atoms with Crippen LogP contribution in [-0.4, -0.2) is 52.3 Å². The summed E-state index contributed by atoms with van der Waals surface area (Å²) in [6, 6.07) is 13.4. The Morgan fingerprint density at radius 3 is 2.28 bits per heavy atom. The van der Waals surface area contributed by atoms with Gasteiger partial charge in [0.05, 0.1) is 6.42 Å². The maximum atomic E-state index is 12.2. The van der Waals surface area contributed by atoms with Crippen LogP contribution in [-0.2, 0) is 11.2 Å². The first-order chi connectivity index (χ1) is 14.2. The zero-order valence-corrected chi connectivity index (χ0v) is 16.3. The van der Waals surface area contributed by atoms with Gasteiger partial charge in [0.25, 0.3) is 0 Å². The molecule has 1 fully saturated rings. The van der Waals surface area contributed by atoms with Crippen LogP contribution in [0.2, 0.25) is 0 Å². The lowest BCUT2D eigenvalue weighted by molar-refractivity contribution is -0.115. The summed E-state index contributed by atoms with van der Waals surface area (Å²) in [6.07, 6.45) is 3.82. The van der Waals surface area contributed by atoms with E-state index < -0.39 is 0 Å². The Morgan fingerprint density at radius 2 is 1.62 bits per heavy atom. The highest BCUT2D eigenvalue weighted by atomic mass is 16.1. The van der Waals surface area contributed by atoms with E-state index in [0.717, 1.165) is 43.5 Å². The lowest BCUT2D eigenvalue weighted by atomic mass is 10.1. The Kier molecular flexibility index (Phi) is 5.60. The second-order valence-electron chi connectivity index (χ2n) is 7.01. The molecule has 0 bridgehead atoms. The van der Waals surface area contributed by atoms with E-state index in [0.29, 0.717) is 12.2 Å². The first-order valence-electron chi connectivity index (χ1n) is 9.63. The summed E-state index contributed by atoms with van der Waals surface area (Å²) < 4.78 is 0. The minimum Gasteiger partial charge on any atom is -0.352 e. The minimum atomic E-state index is -0.104. The Morgan fingerprint density at radius 1 is 0.931 bits per heavy atom. The molecule has 2 aromatic heterocycles. The molecule has 0 atom stereocenters. The van der Waals surface area contributed by atoms with Crippen molar-refractivity contribution in [3.8, 4) is 0 Å². The van der Waals surface area contributed by atoms with E-state index in [9.17, 15) is 4.79 Å². The number of aryl methyl sites for hydroxylation is 1. The molecule has 0 spiro atoms. The van der Waals surface area contributed by atoms with Crippen LogP contribution in [0.15, 0.2) is 54.9 Å². The van der Waals surface area contributed by atoms with Gasteiger partial charge in [0.1, 0.15) is 0 Å². The Labute approximate surface area is 169 Å². The molecule has 148 valence electrons. The number of amides is 1. The predicted molar refractivity (Wildman–Crippen MR) is 112 cm³/mol. The van der Waals surface area contributed by atoms with Crippen LogP contribution in [0, 0.1) is 6.92 Å². The lowest BCUT2D eigenvalue weighted by Crippen LogP contribution is -2.47. The third-order valence-corrected chi connectivity index (χ3v) is 4.84. The fourth-order valence-corrected chi connectivity index (χ4v) is 3.23. The predicted octanol–water partition coefficient (Wildman–Crippen LogP) is 2.08. The summed E-state index contributed by atoms with van der Waals surface area (Å²) >= 11 is 0.